The van der Waals surface area contributed by atoms with Gasteiger partial charge in [-0.25, -0.2) is 4.39 Å². The molecule has 2 rings (SSSR count). The molecule has 0 bridgehead atoms. The van der Waals surface area contributed by atoms with Gasteiger partial charge in [0.1, 0.15) is 5.82 Å². The summed E-state index contributed by atoms with van der Waals surface area (Å²) in [6, 6.07) is 10.5. The van der Waals surface area contributed by atoms with Crippen molar-refractivity contribution in [1.82, 2.24) is 0 Å². The van der Waals surface area contributed by atoms with E-state index in [1.165, 1.54) is 6.07 Å². The van der Waals surface area contributed by atoms with Gasteiger partial charge in [-0.1, -0.05) is 18.2 Å². The largest absolute Gasteiger partial charge is 0.493 e. The Morgan fingerprint density at radius 3 is 2.16 bits per heavy atom. The monoisotopic (exact) mass is 280 g/mol. The Kier molecular flexibility index (Phi) is 4.27. The highest BCUT2D eigenvalue weighted by Crippen LogP contribution is 2.32. The van der Waals surface area contributed by atoms with Crippen LogP contribution in [0.25, 0.3) is 11.1 Å². The third kappa shape index (κ3) is 2.82. The number of ether oxygens (including phenoxy) is 2. The fourth-order valence-corrected chi connectivity index (χ4v) is 2.07. The first kappa shape index (κ1) is 13.7. The number of benzene rings is 2. The van der Waals surface area contributed by atoms with Crippen molar-refractivity contribution in [2.45, 2.75) is 5.88 Å². The summed E-state index contributed by atoms with van der Waals surface area (Å²) in [7, 11) is 3.14. The lowest BCUT2D eigenvalue weighted by molar-refractivity contribution is 0.355. The van der Waals surface area contributed by atoms with E-state index in [0.29, 0.717) is 17.1 Å². The van der Waals surface area contributed by atoms with Gasteiger partial charge in [-0.15, -0.1) is 11.6 Å². The number of halogens is 2. The molecule has 0 N–H and O–H groups in total. The Hall–Kier alpha value is -1.74. The van der Waals surface area contributed by atoms with Crippen molar-refractivity contribution in [3.8, 4) is 22.6 Å². The van der Waals surface area contributed by atoms with Crippen molar-refractivity contribution in [1.29, 1.82) is 0 Å². The van der Waals surface area contributed by atoms with Crippen LogP contribution in [0, 0.1) is 5.82 Å². The van der Waals surface area contributed by atoms with Crippen LogP contribution in [-0.4, -0.2) is 14.2 Å². The van der Waals surface area contributed by atoms with Crippen LogP contribution in [0.2, 0.25) is 0 Å². The van der Waals surface area contributed by atoms with Gasteiger partial charge in [0, 0.05) is 5.56 Å². The van der Waals surface area contributed by atoms with Gasteiger partial charge in [-0.05, 0) is 29.3 Å². The summed E-state index contributed by atoms with van der Waals surface area (Å²) in [5.41, 5.74) is 2.12. The van der Waals surface area contributed by atoms with Crippen LogP contribution in [-0.2, 0) is 5.88 Å². The topological polar surface area (TPSA) is 18.5 Å². The third-order valence-electron chi connectivity index (χ3n) is 2.91. The lowest BCUT2D eigenvalue weighted by Gasteiger charge is -2.10. The summed E-state index contributed by atoms with van der Waals surface area (Å²) < 4.78 is 24.1. The number of methoxy groups -OCH3 is 2. The third-order valence-corrected chi connectivity index (χ3v) is 3.20. The van der Waals surface area contributed by atoms with Gasteiger partial charge in [0.2, 0.25) is 0 Å². The van der Waals surface area contributed by atoms with Crippen LogP contribution < -0.4 is 9.47 Å². The second kappa shape index (κ2) is 5.93. The van der Waals surface area contributed by atoms with Gasteiger partial charge in [0.25, 0.3) is 0 Å². The van der Waals surface area contributed by atoms with E-state index in [0.717, 1.165) is 11.1 Å². The molecule has 19 heavy (non-hydrogen) atoms. The fourth-order valence-electron chi connectivity index (χ4n) is 1.85. The van der Waals surface area contributed by atoms with E-state index in [4.69, 9.17) is 21.1 Å². The minimum atomic E-state index is -0.303. The van der Waals surface area contributed by atoms with Crippen molar-refractivity contribution in [2.75, 3.05) is 14.2 Å². The molecule has 0 aliphatic heterocycles. The first-order valence-electron chi connectivity index (χ1n) is 5.76. The average molecular weight is 281 g/mol. The van der Waals surface area contributed by atoms with Crippen molar-refractivity contribution >= 4 is 11.6 Å². The first-order valence-corrected chi connectivity index (χ1v) is 6.30. The van der Waals surface area contributed by atoms with Gasteiger partial charge in [-0.3, -0.25) is 0 Å². The zero-order valence-electron chi connectivity index (χ0n) is 10.7. The first-order chi connectivity index (χ1) is 9.19. The maximum absolute atomic E-state index is 13.7. The smallest absolute Gasteiger partial charge is 0.161 e. The summed E-state index contributed by atoms with van der Waals surface area (Å²) in [5, 5.41) is 0. The Balaban J connectivity index is 2.44. The van der Waals surface area contributed by atoms with Crippen LogP contribution in [0.5, 0.6) is 11.5 Å². The summed E-state index contributed by atoms with van der Waals surface area (Å²) in [6.07, 6.45) is 0. The van der Waals surface area contributed by atoms with Crippen molar-refractivity contribution in [2.24, 2.45) is 0 Å². The normalized spacial score (nSPS) is 10.3. The number of hydrogen-bond donors (Lipinski definition) is 0. The van der Waals surface area contributed by atoms with Crippen molar-refractivity contribution < 1.29 is 13.9 Å². The molecule has 0 atom stereocenters. The van der Waals surface area contributed by atoms with Gasteiger partial charge >= 0.3 is 0 Å². The molecule has 0 aliphatic carbocycles. The molecule has 0 fully saturated rings. The Morgan fingerprint density at radius 1 is 0.947 bits per heavy atom. The molecule has 0 aromatic heterocycles. The van der Waals surface area contributed by atoms with Crippen LogP contribution >= 0.6 is 11.6 Å². The van der Waals surface area contributed by atoms with Crippen LogP contribution in [0.1, 0.15) is 5.56 Å². The summed E-state index contributed by atoms with van der Waals surface area (Å²) >= 11 is 5.64. The maximum Gasteiger partial charge on any atom is 0.161 e. The van der Waals surface area contributed by atoms with Crippen LogP contribution in [0.4, 0.5) is 4.39 Å². The van der Waals surface area contributed by atoms with Gasteiger partial charge in [0.05, 0.1) is 20.1 Å². The Morgan fingerprint density at radius 2 is 1.58 bits per heavy atom. The molecule has 4 heteroatoms. The molecule has 0 unspecified atom stereocenters. The number of rotatable bonds is 4. The minimum absolute atomic E-state index is 0.165. The van der Waals surface area contributed by atoms with E-state index in [9.17, 15) is 4.39 Å². The number of alkyl halides is 1. The second-order valence-electron chi connectivity index (χ2n) is 4.01. The summed E-state index contributed by atoms with van der Waals surface area (Å²) in [5.74, 6) is 1.12. The highest BCUT2D eigenvalue weighted by atomic mass is 35.5. The van der Waals surface area contributed by atoms with E-state index in [2.05, 4.69) is 0 Å². The molecule has 0 saturated heterocycles. The fraction of sp³-hybridized carbons (Fsp3) is 0.200. The lowest BCUT2D eigenvalue weighted by atomic mass is 10.0. The summed E-state index contributed by atoms with van der Waals surface area (Å²) in [4.78, 5) is 0. The predicted octanol–water partition coefficient (Wildman–Crippen LogP) is 4.25. The van der Waals surface area contributed by atoms with E-state index in [1.807, 2.05) is 18.2 Å². The predicted molar refractivity (Wildman–Crippen MR) is 74.5 cm³/mol. The molecule has 2 aromatic rings. The molecule has 0 saturated carbocycles. The second-order valence-corrected chi connectivity index (χ2v) is 4.28. The maximum atomic E-state index is 13.7. The average Bonchev–Trinajstić information content (AvgIpc) is 2.46. The minimum Gasteiger partial charge on any atom is -0.493 e. The molecule has 0 heterocycles. The van der Waals surface area contributed by atoms with E-state index >= 15 is 0 Å². The molecule has 0 aliphatic rings. The van der Waals surface area contributed by atoms with Gasteiger partial charge in [0.15, 0.2) is 11.5 Å². The molecular formula is C15H14ClFO2. The molecule has 0 spiro atoms. The quantitative estimate of drug-likeness (QED) is 0.780. The van der Waals surface area contributed by atoms with Crippen molar-refractivity contribution in [3.05, 3.63) is 47.8 Å². The SMILES string of the molecule is COc1ccc(-c2ccc(CCl)c(F)c2)cc1OC. The van der Waals surface area contributed by atoms with Crippen molar-refractivity contribution in [3.63, 3.8) is 0 Å². The zero-order valence-corrected chi connectivity index (χ0v) is 11.5. The Bertz CT molecular complexity index is 584. The highest BCUT2D eigenvalue weighted by molar-refractivity contribution is 6.17. The highest BCUT2D eigenvalue weighted by Gasteiger charge is 2.08. The summed E-state index contributed by atoms with van der Waals surface area (Å²) in [6.45, 7) is 0. The lowest BCUT2D eigenvalue weighted by Crippen LogP contribution is -1.92. The van der Waals surface area contributed by atoms with E-state index < -0.39 is 0 Å². The van der Waals surface area contributed by atoms with Gasteiger partial charge in [-0.2, -0.15) is 0 Å². The molecule has 100 valence electrons. The molecule has 2 nitrogen and oxygen atoms in total. The molecule has 0 radical (unpaired) electrons. The Labute approximate surface area is 116 Å². The van der Waals surface area contributed by atoms with E-state index in [1.54, 1.807) is 26.4 Å². The number of hydrogen-bond acceptors (Lipinski definition) is 2. The molecule has 0 amide bonds. The van der Waals surface area contributed by atoms with Crippen LogP contribution in [0.3, 0.4) is 0 Å². The molecule has 2 aromatic carbocycles. The standard InChI is InChI=1S/C15H14ClFO2/c1-18-14-6-5-11(8-15(14)19-2)10-3-4-12(9-16)13(17)7-10/h3-8H,9H2,1-2H3. The van der Waals surface area contributed by atoms with Crippen LogP contribution in [0.15, 0.2) is 36.4 Å². The van der Waals surface area contributed by atoms with Gasteiger partial charge < -0.3 is 9.47 Å². The molecular weight excluding hydrogens is 267 g/mol. The van der Waals surface area contributed by atoms with E-state index in [-0.39, 0.29) is 11.7 Å². The zero-order chi connectivity index (χ0) is 13.8.